The Morgan fingerprint density at radius 2 is 2.18 bits per heavy atom. The molecular formula is C13H15N3O. The van der Waals surface area contributed by atoms with Gasteiger partial charge in [-0.25, -0.2) is 0 Å². The SMILES string of the molecule is C[C@@H](NC=O)c1ccc(N2CC=CC=N2)cc1. The molecule has 0 aliphatic carbocycles. The van der Waals surface area contributed by atoms with Crippen molar-refractivity contribution in [1.29, 1.82) is 0 Å². The maximum Gasteiger partial charge on any atom is 0.207 e. The average molecular weight is 229 g/mol. The lowest BCUT2D eigenvalue weighted by Crippen LogP contribution is -2.19. The van der Waals surface area contributed by atoms with Gasteiger partial charge in [-0.05, 0) is 30.7 Å². The van der Waals surface area contributed by atoms with E-state index in [1.165, 1.54) is 0 Å². The quantitative estimate of drug-likeness (QED) is 0.801. The van der Waals surface area contributed by atoms with Gasteiger partial charge in [-0.2, -0.15) is 5.10 Å². The van der Waals surface area contributed by atoms with E-state index in [-0.39, 0.29) is 6.04 Å². The number of hydrazone groups is 1. The first-order valence-electron chi connectivity index (χ1n) is 5.57. The first-order chi connectivity index (χ1) is 8.31. The Morgan fingerprint density at radius 1 is 1.41 bits per heavy atom. The number of hydrogen-bond donors (Lipinski definition) is 1. The van der Waals surface area contributed by atoms with Crippen molar-refractivity contribution < 1.29 is 4.79 Å². The summed E-state index contributed by atoms with van der Waals surface area (Å²) in [7, 11) is 0. The standard InChI is InChI=1S/C13H15N3O/c1-11(14-10-17)12-4-6-13(7-5-12)16-9-3-2-8-15-16/h2-8,10-11H,9H2,1H3,(H,14,17)/t11-/m1/s1. The molecule has 1 aliphatic rings. The van der Waals surface area contributed by atoms with E-state index in [1.807, 2.05) is 42.3 Å². The number of benzene rings is 1. The van der Waals surface area contributed by atoms with Crippen LogP contribution in [0.25, 0.3) is 0 Å². The van der Waals surface area contributed by atoms with E-state index in [9.17, 15) is 4.79 Å². The number of carbonyl (C=O) groups is 1. The Bertz CT molecular complexity index is 436. The molecule has 0 aromatic heterocycles. The number of allylic oxidation sites excluding steroid dienone is 1. The molecule has 1 atom stereocenters. The molecule has 4 nitrogen and oxygen atoms in total. The zero-order valence-corrected chi connectivity index (χ0v) is 9.71. The van der Waals surface area contributed by atoms with E-state index in [0.29, 0.717) is 0 Å². The fourth-order valence-electron chi connectivity index (χ4n) is 1.69. The predicted molar refractivity (Wildman–Crippen MR) is 69.0 cm³/mol. The van der Waals surface area contributed by atoms with Crippen LogP contribution in [0.2, 0.25) is 0 Å². The van der Waals surface area contributed by atoms with Crippen LogP contribution in [-0.4, -0.2) is 19.2 Å². The number of nitrogens with zero attached hydrogens (tertiary/aromatic N) is 2. The fourth-order valence-corrected chi connectivity index (χ4v) is 1.69. The molecule has 0 saturated carbocycles. The van der Waals surface area contributed by atoms with Gasteiger partial charge in [0.15, 0.2) is 0 Å². The maximum absolute atomic E-state index is 10.4. The van der Waals surface area contributed by atoms with Gasteiger partial charge in [-0.15, -0.1) is 0 Å². The van der Waals surface area contributed by atoms with Crippen molar-refractivity contribution in [2.45, 2.75) is 13.0 Å². The van der Waals surface area contributed by atoms with E-state index in [1.54, 1.807) is 6.21 Å². The van der Waals surface area contributed by atoms with E-state index in [4.69, 9.17) is 0 Å². The molecule has 1 aromatic rings. The Balaban J connectivity index is 2.09. The molecule has 1 heterocycles. The topological polar surface area (TPSA) is 44.7 Å². The van der Waals surface area contributed by atoms with Crippen LogP contribution < -0.4 is 10.3 Å². The largest absolute Gasteiger partial charge is 0.352 e. The highest BCUT2D eigenvalue weighted by atomic mass is 16.1. The summed E-state index contributed by atoms with van der Waals surface area (Å²) >= 11 is 0. The highest BCUT2D eigenvalue weighted by Crippen LogP contribution is 2.19. The molecule has 88 valence electrons. The number of hydrogen-bond acceptors (Lipinski definition) is 3. The second-order valence-corrected chi connectivity index (χ2v) is 3.87. The van der Waals surface area contributed by atoms with Gasteiger partial charge in [0.25, 0.3) is 0 Å². The summed E-state index contributed by atoms with van der Waals surface area (Å²) in [6.07, 6.45) is 6.48. The molecule has 0 saturated heterocycles. The minimum atomic E-state index is 0.0336. The summed E-state index contributed by atoms with van der Waals surface area (Å²) in [5.74, 6) is 0. The molecule has 0 bridgehead atoms. The zero-order chi connectivity index (χ0) is 12.1. The van der Waals surface area contributed by atoms with Crippen LogP contribution in [0.15, 0.2) is 41.5 Å². The highest BCUT2D eigenvalue weighted by molar-refractivity contribution is 5.74. The van der Waals surface area contributed by atoms with Crippen LogP contribution in [0, 0.1) is 0 Å². The van der Waals surface area contributed by atoms with E-state index in [0.717, 1.165) is 24.2 Å². The smallest absolute Gasteiger partial charge is 0.207 e. The molecule has 0 unspecified atom stereocenters. The fraction of sp³-hybridized carbons (Fsp3) is 0.231. The van der Waals surface area contributed by atoms with E-state index < -0.39 is 0 Å². The van der Waals surface area contributed by atoms with Crippen LogP contribution >= 0.6 is 0 Å². The summed E-state index contributed by atoms with van der Waals surface area (Å²) < 4.78 is 0. The lowest BCUT2D eigenvalue weighted by molar-refractivity contribution is -0.110. The number of amides is 1. The lowest BCUT2D eigenvalue weighted by Gasteiger charge is -2.20. The summed E-state index contributed by atoms with van der Waals surface area (Å²) in [6.45, 7) is 2.74. The molecule has 1 aromatic carbocycles. The van der Waals surface area contributed by atoms with Crippen molar-refractivity contribution in [3.05, 3.63) is 42.0 Å². The molecule has 0 fully saturated rings. The van der Waals surface area contributed by atoms with E-state index in [2.05, 4.69) is 16.5 Å². The average Bonchev–Trinajstić information content (AvgIpc) is 2.40. The Morgan fingerprint density at radius 3 is 2.76 bits per heavy atom. The van der Waals surface area contributed by atoms with Crippen molar-refractivity contribution >= 4 is 18.3 Å². The predicted octanol–water partition coefficient (Wildman–Crippen LogP) is 1.86. The third-order valence-electron chi connectivity index (χ3n) is 2.72. The van der Waals surface area contributed by atoms with Crippen LogP contribution in [0.4, 0.5) is 5.69 Å². The third kappa shape index (κ3) is 2.72. The van der Waals surface area contributed by atoms with Gasteiger partial charge in [0, 0.05) is 6.21 Å². The highest BCUT2D eigenvalue weighted by Gasteiger charge is 2.07. The second-order valence-electron chi connectivity index (χ2n) is 3.87. The van der Waals surface area contributed by atoms with Gasteiger partial charge in [0.05, 0.1) is 18.3 Å². The summed E-state index contributed by atoms with van der Waals surface area (Å²) in [5, 5.41) is 8.90. The Hall–Kier alpha value is -2.10. The normalized spacial score (nSPS) is 15.7. The molecule has 0 spiro atoms. The number of anilines is 1. The Labute approximate surface area is 101 Å². The van der Waals surface area contributed by atoms with Crippen molar-refractivity contribution in [2.24, 2.45) is 5.10 Å². The molecule has 1 amide bonds. The number of nitrogens with one attached hydrogen (secondary N) is 1. The van der Waals surface area contributed by atoms with Crippen LogP contribution in [0.1, 0.15) is 18.5 Å². The van der Waals surface area contributed by atoms with Crippen molar-refractivity contribution in [2.75, 3.05) is 11.6 Å². The first-order valence-corrected chi connectivity index (χ1v) is 5.57. The van der Waals surface area contributed by atoms with Gasteiger partial charge < -0.3 is 5.32 Å². The third-order valence-corrected chi connectivity index (χ3v) is 2.72. The summed E-state index contributed by atoms with van der Waals surface area (Å²) in [6, 6.07) is 8.06. The van der Waals surface area contributed by atoms with Crippen LogP contribution in [0.3, 0.4) is 0 Å². The second kappa shape index (κ2) is 5.30. The maximum atomic E-state index is 10.4. The molecule has 0 radical (unpaired) electrons. The van der Waals surface area contributed by atoms with Crippen molar-refractivity contribution in [3.8, 4) is 0 Å². The molecule has 1 N–H and O–H groups in total. The molecule has 17 heavy (non-hydrogen) atoms. The van der Waals surface area contributed by atoms with Crippen molar-refractivity contribution in [3.63, 3.8) is 0 Å². The number of rotatable bonds is 4. The molecule has 1 aliphatic heterocycles. The first kappa shape index (κ1) is 11.4. The van der Waals surface area contributed by atoms with Gasteiger partial charge in [-0.1, -0.05) is 18.2 Å². The van der Waals surface area contributed by atoms with Crippen LogP contribution in [-0.2, 0) is 4.79 Å². The minimum Gasteiger partial charge on any atom is -0.352 e. The van der Waals surface area contributed by atoms with Gasteiger partial charge >= 0.3 is 0 Å². The van der Waals surface area contributed by atoms with E-state index >= 15 is 0 Å². The molecular weight excluding hydrogens is 214 g/mol. The monoisotopic (exact) mass is 229 g/mol. The van der Waals surface area contributed by atoms with Crippen molar-refractivity contribution in [1.82, 2.24) is 5.32 Å². The minimum absolute atomic E-state index is 0.0336. The number of carbonyl (C=O) groups excluding carboxylic acids is 1. The van der Waals surface area contributed by atoms with Gasteiger partial charge in [0.2, 0.25) is 6.41 Å². The summed E-state index contributed by atoms with van der Waals surface area (Å²) in [5.41, 5.74) is 2.13. The molecule has 2 rings (SSSR count). The van der Waals surface area contributed by atoms with Gasteiger partial charge in [0.1, 0.15) is 0 Å². The zero-order valence-electron chi connectivity index (χ0n) is 9.71. The lowest BCUT2D eigenvalue weighted by atomic mass is 10.1. The van der Waals surface area contributed by atoms with Gasteiger partial charge in [-0.3, -0.25) is 9.80 Å². The van der Waals surface area contributed by atoms with Crippen LogP contribution in [0.5, 0.6) is 0 Å². The summed E-state index contributed by atoms with van der Waals surface area (Å²) in [4.78, 5) is 10.4. The molecule has 4 heteroatoms. The Kier molecular flexibility index (Phi) is 3.55.